The van der Waals surface area contributed by atoms with Gasteiger partial charge in [-0.1, -0.05) is 0 Å². The molecule has 1 atom stereocenters. The largest absolute Gasteiger partial charge is 0.415 e. The first-order valence-corrected chi connectivity index (χ1v) is 4.16. The van der Waals surface area contributed by atoms with Crippen LogP contribution in [0.15, 0.2) is 0 Å². The Morgan fingerprint density at radius 2 is 1.86 bits per heavy atom. The van der Waals surface area contributed by atoms with Gasteiger partial charge in [-0.25, -0.2) is 0 Å². The standard InChI is InChI=1S/C8H10F3NO2/c9-8(10,11)6(13)7(5-12)1-3-14-4-2-7/h6,13H,1-4H2. The lowest BCUT2D eigenvalue weighted by Crippen LogP contribution is -2.47. The Morgan fingerprint density at radius 3 is 2.21 bits per heavy atom. The van der Waals surface area contributed by atoms with E-state index in [4.69, 9.17) is 15.1 Å². The number of aliphatic hydroxyl groups excluding tert-OH is 1. The minimum Gasteiger partial charge on any atom is -0.382 e. The number of nitrogens with zero attached hydrogens (tertiary/aromatic N) is 1. The van der Waals surface area contributed by atoms with Crippen molar-refractivity contribution in [3.8, 4) is 6.07 Å². The molecule has 0 amide bonds. The molecule has 1 aliphatic heterocycles. The highest BCUT2D eigenvalue weighted by molar-refractivity contribution is 5.06. The molecule has 80 valence electrons. The number of ether oxygens (including phenoxy) is 1. The summed E-state index contributed by atoms with van der Waals surface area (Å²) in [4.78, 5) is 0. The summed E-state index contributed by atoms with van der Waals surface area (Å²) in [5.41, 5.74) is -1.73. The Balaban J connectivity index is 2.84. The van der Waals surface area contributed by atoms with Crippen molar-refractivity contribution in [2.75, 3.05) is 13.2 Å². The average Bonchev–Trinajstić information content (AvgIpc) is 2.16. The van der Waals surface area contributed by atoms with Gasteiger partial charge in [0.25, 0.3) is 0 Å². The predicted molar refractivity (Wildman–Crippen MR) is 40.2 cm³/mol. The van der Waals surface area contributed by atoms with Crippen LogP contribution in [-0.2, 0) is 4.74 Å². The fourth-order valence-electron chi connectivity index (χ4n) is 1.50. The van der Waals surface area contributed by atoms with Gasteiger partial charge in [0.05, 0.1) is 11.5 Å². The third-order valence-corrected chi connectivity index (χ3v) is 2.44. The number of alkyl halides is 3. The molecular weight excluding hydrogens is 199 g/mol. The number of rotatable bonds is 1. The summed E-state index contributed by atoms with van der Waals surface area (Å²) in [6, 6.07) is 1.57. The van der Waals surface area contributed by atoms with Gasteiger partial charge < -0.3 is 9.84 Å². The molecule has 0 aromatic carbocycles. The molecule has 1 aliphatic rings. The maximum Gasteiger partial charge on any atom is 0.415 e. The second-order valence-electron chi connectivity index (χ2n) is 3.32. The molecule has 1 saturated heterocycles. The van der Waals surface area contributed by atoms with Crippen molar-refractivity contribution >= 4 is 0 Å². The second-order valence-corrected chi connectivity index (χ2v) is 3.32. The highest BCUT2D eigenvalue weighted by atomic mass is 19.4. The number of nitriles is 1. The average molecular weight is 209 g/mol. The number of hydrogen-bond acceptors (Lipinski definition) is 3. The van der Waals surface area contributed by atoms with Crippen LogP contribution in [-0.4, -0.2) is 30.6 Å². The molecule has 6 heteroatoms. The van der Waals surface area contributed by atoms with E-state index in [0.717, 1.165) is 0 Å². The topological polar surface area (TPSA) is 53.2 Å². The molecular formula is C8H10F3NO2. The normalized spacial score (nSPS) is 23.9. The van der Waals surface area contributed by atoms with Gasteiger partial charge in [0, 0.05) is 13.2 Å². The molecule has 0 saturated carbocycles. The zero-order valence-corrected chi connectivity index (χ0v) is 7.34. The van der Waals surface area contributed by atoms with Crippen molar-refractivity contribution in [1.29, 1.82) is 5.26 Å². The van der Waals surface area contributed by atoms with Gasteiger partial charge in [0.2, 0.25) is 0 Å². The van der Waals surface area contributed by atoms with E-state index in [1.54, 1.807) is 6.07 Å². The van der Waals surface area contributed by atoms with E-state index in [1.165, 1.54) is 0 Å². The molecule has 0 bridgehead atoms. The van der Waals surface area contributed by atoms with E-state index in [-0.39, 0.29) is 26.1 Å². The molecule has 0 aromatic heterocycles. The summed E-state index contributed by atoms with van der Waals surface area (Å²) in [6.07, 6.45) is -7.48. The monoisotopic (exact) mass is 209 g/mol. The first kappa shape index (κ1) is 11.3. The smallest absolute Gasteiger partial charge is 0.382 e. The van der Waals surface area contributed by atoms with Crippen LogP contribution >= 0.6 is 0 Å². The van der Waals surface area contributed by atoms with Gasteiger partial charge in [0.15, 0.2) is 6.10 Å². The molecule has 14 heavy (non-hydrogen) atoms. The van der Waals surface area contributed by atoms with E-state index in [1.807, 2.05) is 0 Å². The van der Waals surface area contributed by atoms with Crippen molar-refractivity contribution in [1.82, 2.24) is 0 Å². The first-order chi connectivity index (χ1) is 6.42. The first-order valence-electron chi connectivity index (χ1n) is 4.16. The SMILES string of the molecule is N#CC1(C(O)C(F)(F)F)CCOCC1. The summed E-state index contributed by atoms with van der Waals surface area (Å²) in [5.74, 6) is 0. The van der Waals surface area contributed by atoms with Crippen LogP contribution in [0.5, 0.6) is 0 Å². The molecule has 1 rings (SSSR count). The van der Waals surface area contributed by atoms with Crippen molar-refractivity contribution in [2.45, 2.75) is 25.1 Å². The van der Waals surface area contributed by atoms with Crippen molar-refractivity contribution < 1.29 is 23.0 Å². The Bertz CT molecular complexity index is 240. The Morgan fingerprint density at radius 1 is 1.36 bits per heavy atom. The molecule has 1 unspecified atom stereocenters. The van der Waals surface area contributed by atoms with Crippen LogP contribution in [0, 0.1) is 16.7 Å². The number of hydrogen-bond donors (Lipinski definition) is 1. The van der Waals surface area contributed by atoms with Crippen LogP contribution in [0.3, 0.4) is 0 Å². The molecule has 1 heterocycles. The van der Waals surface area contributed by atoms with Crippen molar-refractivity contribution in [2.24, 2.45) is 5.41 Å². The quantitative estimate of drug-likeness (QED) is 0.706. The van der Waals surface area contributed by atoms with E-state index in [2.05, 4.69) is 0 Å². The van der Waals surface area contributed by atoms with Crippen LogP contribution in [0.25, 0.3) is 0 Å². The lowest BCUT2D eigenvalue weighted by Gasteiger charge is -2.35. The third-order valence-electron chi connectivity index (χ3n) is 2.44. The summed E-state index contributed by atoms with van der Waals surface area (Å²) in [6.45, 7) is 0.168. The lowest BCUT2D eigenvalue weighted by molar-refractivity contribution is -0.238. The van der Waals surface area contributed by atoms with Crippen molar-refractivity contribution in [3.05, 3.63) is 0 Å². The minimum absolute atomic E-state index is 0.0792. The van der Waals surface area contributed by atoms with Crippen molar-refractivity contribution in [3.63, 3.8) is 0 Å². The van der Waals surface area contributed by atoms with Gasteiger partial charge in [0.1, 0.15) is 0 Å². The van der Waals surface area contributed by atoms with Gasteiger partial charge in [-0.05, 0) is 12.8 Å². The molecule has 1 N–H and O–H groups in total. The number of halogens is 3. The van der Waals surface area contributed by atoms with Crippen LogP contribution in [0.4, 0.5) is 13.2 Å². The van der Waals surface area contributed by atoms with Crippen LogP contribution < -0.4 is 0 Å². The van der Waals surface area contributed by atoms with Crippen LogP contribution in [0.1, 0.15) is 12.8 Å². The molecule has 0 aliphatic carbocycles. The predicted octanol–water partition coefficient (Wildman–Crippen LogP) is 1.23. The Kier molecular flexibility index (Phi) is 3.02. The van der Waals surface area contributed by atoms with Gasteiger partial charge in [-0.3, -0.25) is 0 Å². The Hall–Kier alpha value is -0.800. The fraction of sp³-hybridized carbons (Fsp3) is 0.875. The van der Waals surface area contributed by atoms with E-state index >= 15 is 0 Å². The maximum absolute atomic E-state index is 12.2. The highest BCUT2D eigenvalue weighted by Gasteiger charge is 2.53. The van der Waals surface area contributed by atoms with Gasteiger partial charge >= 0.3 is 6.18 Å². The molecule has 3 nitrogen and oxygen atoms in total. The second kappa shape index (κ2) is 3.75. The summed E-state index contributed by atoms with van der Waals surface area (Å²) in [5, 5.41) is 17.8. The summed E-state index contributed by atoms with van der Waals surface area (Å²) < 4.78 is 41.5. The summed E-state index contributed by atoms with van der Waals surface area (Å²) in [7, 11) is 0. The molecule has 1 fully saturated rings. The molecule has 0 spiro atoms. The molecule has 0 aromatic rings. The zero-order valence-electron chi connectivity index (χ0n) is 7.34. The van der Waals surface area contributed by atoms with Gasteiger partial charge in [-0.2, -0.15) is 18.4 Å². The van der Waals surface area contributed by atoms with Gasteiger partial charge in [-0.15, -0.1) is 0 Å². The molecule has 0 radical (unpaired) electrons. The number of aliphatic hydroxyl groups is 1. The zero-order chi connectivity index (χ0) is 10.8. The van der Waals surface area contributed by atoms with E-state index in [9.17, 15) is 13.2 Å². The maximum atomic E-state index is 12.2. The lowest BCUT2D eigenvalue weighted by atomic mass is 9.76. The summed E-state index contributed by atoms with van der Waals surface area (Å²) >= 11 is 0. The van der Waals surface area contributed by atoms with E-state index in [0.29, 0.717) is 0 Å². The van der Waals surface area contributed by atoms with Crippen LogP contribution in [0.2, 0.25) is 0 Å². The minimum atomic E-state index is -4.74. The Labute approximate surface area is 79.1 Å². The highest BCUT2D eigenvalue weighted by Crippen LogP contribution is 2.40. The van der Waals surface area contributed by atoms with E-state index < -0.39 is 17.7 Å². The fourth-order valence-corrected chi connectivity index (χ4v) is 1.50. The third kappa shape index (κ3) is 1.99.